The van der Waals surface area contributed by atoms with E-state index in [1.54, 1.807) is 0 Å². The van der Waals surface area contributed by atoms with Gasteiger partial charge < -0.3 is 0 Å². The molecule has 68 valence electrons. The predicted octanol–water partition coefficient (Wildman–Crippen LogP) is 3.62. The normalized spacial score (nSPS) is 31.6. The standard InChI is InChI=1S/C10H20.FH/c1-8(2)10-6-4-9(3)5-7-10;/h8-10H,4-7H2,1-3H3;1H. The molecular weight excluding hydrogens is 139 g/mol. The average molecular weight is 160 g/mol. The fourth-order valence-corrected chi connectivity index (χ4v) is 1.95. The molecule has 11 heavy (non-hydrogen) atoms. The molecule has 0 spiro atoms. The molecule has 1 saturated carbocycles. The summed E-state index contributed by atoms with van der Waals surface area (Å²) in [5.41, 5.74) is 0. The van der Waals surface area contributed by atoms with Gasteiger partial charge in [0.1, 0.15) is 0 Å². The molecule has 0 nitrogen and oxygen atoms in total. The summed E-state index contributed by atoms with van der Waals surface area (Å²) in [6, 6.07) is 0. The van der Waals surface area contributed by atoms with Crippen molar-refractivity contribution in [2.45, 2.75) is 46.5 Å². The highest BCUT2D eigenvalue weighted by atomic mass is 19.0. The van der Waals surface area contributed by atoms with E-state index in [2.05, 4.69) is 20.8 Å². The molecule has 0 saturated heterocycles. The fraction of sp³-hybridized carbons (Fsp3) is 1.00. The van der Waals surface area contributed by atoms with E-state index < -0.39 is 0 Å². The summed E-state index contributed by atoms with van der Waals surface area (Å²) >= 11 is 0. The minimum atomic E-state index is 0. The van der Waals surface area contributed by atoms with Crippen LogP contribution in [0, 0.1) is 17.8 Å². The first-order valence-electron chi connectivity index (χ1n) is 4.70. The fourth-order valence-electron chi connectivity index (χ4n) is 1.95. The van der Waals surface area contributed by atoms with E-state index in [0.717, 1.165) is 17.8 Å². The van der Waals surface area contributed by atoms with E-state index in [1.165, 1.54) is 25.7 Å². The van der Waals surface area contributed by atoms with Crippen LogP contribution in [0.5, 0.6) is 0 Å². The Morgan fingerprint density at radius 3 is 1.82 bits per heavy atom. The molecule has 0 amide bonds. The molecule has 1 heteroatoms. The summed E-state index contributed by atoms with van der Waals surface area (Å²) in [6.45, 7) is 7.11. The summed E-state index contributed by atoms with van der Waals surface area (Å²) in [7, 11) is 0. The van der Waals surface area contributed by atoms with Gasteiger partial charge in [-0.25, -0.2) is 0 Å². The Hall–Kier alpha value is -0.0700. The quantitative estimate of drug-likeness (QED) is 0.549. The van der Waals surface area contributed by atoms with Crippen molar-refractivity contribution in [3.05, 3.63) is 0 Å². The van der Waals surface area contributed by atoms with Gasteiger partial charge >= 0.3 is 0 Å². The Morgan fingerprint density at radius 1 is 1.00 bits per heavy atom. The smallest absolute Gasteiger partial charge is 0.0391 e. The second-order valence-electron chi connectivity index (χ2n) is 4.26. The number of hydrogen-bond acceptors (Lipinski definition) is 0. The van der Waals surface area contributed by atoms with Crippen LogP contribution in [-0.4, -0.2) is 0 Å². The molecule has 0 aromatic heterocycles. The Bertz CT molecular complexity index is 91.0. The van der Waals surface area contributed by atoms with Crippen molar-refractivity contribution in [1.29, 1.82) is 0 Å². The third-order valence-electron chi connectivity index (χ3n) is 3.00. The van der Waals surface area contributed by atoms with Gasteiger partial charge in [0, 0.05) is 0 Å². The molecule has 1 aliphatic carbocycles. The second kappa shape index (κ2) is 4.74. The van der Waals surface area contributed by atoms with E-state index in [0.29, 0.717) is 0 Å². The zero-order valence-corrected chi connectivity index (χ0v) is 7.97. The minimum Gasteiger partial charge on any atom is -0.269 e. The van der Waals surface area contributed by atoms with E-state index in [4.69, 9.17) is 0 Å². The first-order valence-corrected chi connectivity index (χ1v) is 4.70. The summed E-state index contributed by atoms with van der Waals surface area (Å²) in [5.74, 6) is 2.97. The Balaban J connectivity index is 0.000001000. The van der Waals surface area contributed by atoms with Crippen LogP contribution in [-0.2, 0) is 0 Å². The first-order chi connectivity index (χ1) is 4.70. The maximum atomic E-state index is 2.39. The molecule has 1 fully saturated rings. The van der Waals surface area contributed by atoms with Gasteiger partial charge in [-0.3, -0.25) is 4.70 Å². The van der Waals surface area contributed by atoms with E-state index >= 15 is 0 Å². The van der Waals surface area contributed by atoms with Crippen LogP contribution in [0.15, 0.2) is 0 Å². The van der Waals surface area contributed by atoms with Gasteiger partial charge in [-0.15, -0.1) is 0 Å². The molecule has 1 aliphatic rings. The van der Waals surface area contributed by atoms with Gasteiger partial charge in [0.2, 0.25) is 0 Å². The molecule has 0 N–H and O–H groups in total. The van der Waals surface area contributed by atoms with Crippen molar-refractivity contribution in [1.82, 2.24) is 0 Å². The SMILES string of the molecule is CC1CCC(C(C)C)CC1.F. The topological polar surface area (TPSA) is 0 Å². The van der Waals surface area contributed by atoms with Gasteiger partial charge in [-0.1, -0.05) is 33.6 Å². The Kier molecular flexibility index (Phi) is 4.71. The summed E-state index contributed by atoms with van der Waals surface area (Å²) < 4.78 is 0. The van der Waals surface area contributed by atoms with Crippen molar-refractivity contribution in [3.8, 4) is 0 Å². The molecule has 0 aliphatic heterocycles. The highest BCUT2D eigenvalue weighted by molar-refractivity contribution is 4.71. The molecule has 0 atom stereocenters. The largest absolute Gasteiger partial charge is 0.269 e. The van der Waals surface area contributed by atoms with Crippen LogP contribution in [0.3, 0.4) is 0 Å². The van der Waals surface area contributed by atoms with Crippen LogP contribution >= 0.6 is 0 Å². The van der Waals surface area contributed by atoms with Gasteiger partial charge in [0.05, 0.1) is 0 Å². The second-order valence-corrected chi connectivity index (χ2v) is 4.26. The molecule has 0 radical (unpaired) electrons. The van der Waals surface area contributed by atoms with E-state index in [1.807, 2.05) is 0 Å². The van der Waals surface area contributed by atoms with Crippen LogP contribution in [0.2, 0.25) is 0 Å². The molecule has 0 heterocycles. The third kappa shape index (κ3) is 3.22. The van der Waals surface area contributed by atoms with Crippen molar-refractivity contribution >= 4 is 0 Å². The number of hydrogen-bond donors (Lipinski definition) is 0. The monoisotopic (exact) mass is 160 g/mol. The lowest BCUT2D eigenvalue weighted by atomic mass is 9.78. The molecule has 0 aromatic carbocycles. The van der Waals surface area contributed by atoms with Crippen molar-refractivity contribution in [2.75, 3.05) is 0 Å². The third-order valence-corrected chi connectivity index (χ3v) is 3.00. The predicted molar refractivity (Wildman–Crippen MR) is 48.5 cm³/mol. The van der Waals surface area contributed by atoms with Crippen LogP contribution in [0.25, 0.3) is 0 Å². The zero-order valence-electron chi connectivity index (χ0n) is 7.97. The molecular formula is C10H21F. The zero-order chi connectivity index (χ0) is 7.56. The number of halogens is 1. The highest BCUT2D eigenvalue weighted by Crippen LogP contribution is 2.32. The first kappa shape index (κ1) is 10.9. The van der Waals surface area contributed by atoms with Crippen molar-refractivity contribution in [2.24, 2.45) is 17.8 Å². The lowest BCUT2D eigenvalue weighted by Gasteiger charge is -2.28. The Labute approximate surface area is 69.7 Å². The lowest BCUT2D eigenvalue weighted by Crippen LogP contribution is -2.16. The van der Waals surface area contributed by atoms with Gasteiger partial charge in [-0.2, -0.15) is 0 Å². The highest BCUT2D eigenvalue weighted by Gasteiger charge is 2.19. The summed E-state index contributed by atoms with van der Waals surface area (Å²) in [6.07, 6.45) is 5.92. The van der Waals surface area contributed by atoms with Crippen molar-refractivity contribution in [3.63, 3.8) is 0 Å². The van der Waals surface area contributed by atoms with Crippen molar-refractivity contribution < 1.29 is 4.70 Å². The van der Waals surface area contributed by atoms with E-state index in [-0.39, 0.29) is 4.70 Å². The van der Waals surface area contributed by atoms with E-state index in [9.17, 15) is 0 Å². The molecule has 0 aromatic rings. The van der Waals surface area contributed by atoms with Gasteiger partial charge in [0.15, 0.2) is 0 Å². The molecule has 1 rings (SSSR count). The van der Waals surface area contributed by atoms with Crippen LogP contribution < -0.4 is 0 Å². The lowest BCUT2D eigenvalue weighted by molar-refractivity contribution is 0.234. The Morgan fingerprint density at radius 2 is 1.45 bits per heavy atom. The maximum absolute atomic E-state index is 2.39. The van der Waals surface area contributed by atoms with Gasteiger partial charge in [-0.05, 0) is 30.6 Å². The van der Waals surface area contributed by atoms with Crippen LogP contribution in [0.4, 0.5) is 4.70 Å². The average Bonchev–Trinajstić information content (AvgIpc) is 1.88. The molecule has 0 bridgehead atoms. The number of rotatable bonds is 1. The summed E-state index contributed by atoms with van der Waals surface area (Å²) in [5, 5.41) is 0. The molecule has 0 unspecified atom stereocenters. The maximum Gasteiger partial charge on any atom is -0.0391 e. The minimum absolute atomic E-state index is 0. The summed E-state index contributed by atoms with van der Waals surface area (Å²) in [4.78, 5) is 0. The van der Waals surface area contributed by atoms with Crippen LogP contribution in [0.1, 0.15) is 46.5 Å². The van der Waals surface area contributed by atoms with Gasteiger partial charge in [0.25, 0.3) is 0 Å².